The Hall–Kier alpha value is -1.75. The first-order valence-electron chi connectivity index (χ1n) is 5.52. The van der Waals surface area contributed by atoms with Crippen molar-refractivity contribution in [2.45, 2.75) is 25.8 Å². The lowest BCUT2D eigenvalue weighted by Crippen LogP contribution is -2.35. The number of nitrogen functional groups attached to an aromatic ring is 1. The van der Waals surface area contributed by atoms with E-state index in [9.17, 15) is 9.90 Å². The molecule has 0 fully saturated rings. The van der Waals surface area contributed by atoms with Crippen molar-refractivity contribution >= 4 is 23.0 Å². The number of carbonyl (C=O) groups is 1. The number of carbonyl (C=O) groups excluding carboxylic acids is 1. The van der Waals surface area contributed by atoms with Crippen molar-refractivity contribution in [2.24, 2.45) is 0 Å². The molecule has 0 aromatic heterocycles. The van der Waals surface area contributed by atoms with Gasteiger partial charge in [0.25, 0.3) is 0 Å². The summed E-state index contributed by atoms with van der Waals surface area (Å²) in [5, 5.41) is 15.1. The normalized spacial score (nSPS) is 14.4. The first kappa shape index (κ1) is 11.7. The Morgan fingerprint density at radius 3 is 2.88 bits per heavy atom. The molecule has 2 rings (SSSR count). The van der Waals surface area contributed by atoms with Gasteiger partial charge in [0, 0.05) is 5.69 Å². The number of aliphatic hydroxyl groups is 1. The average Bonchev–Trinajstić information content (AvgIpc) is 2.58. The first-order chi connectivity index (χ1) is 7.91. The van der Waals surface area contributed by atoms with Crippen LogP contribution in [-0.4, -0.2) is 23.2 Å². The van der Waals surface area contributed by atoms with Crippen LogP contribution in [-0.2, 0) is 11.2 Å². The number of anilines is 3. The number of amides is 1. The van der Waals surface area contributed by atoms with Crippen LogP contribution in [0.2, 0.25) is 0 Å². The van der Waals surface area contributed by atoms with E-state index < -0.39 is 5.54 Å². The van der Waals surface area contributed by atoms with Gasteiger partial charge in [-0.1, -0.05) is 0 Å². The Balaban J connectivity index is 2.31. The monoisotopic (exact) mass is 235 g/mol. The van der Waals surface area contributed by atoms with E-state index in [1.807, 2.05) is 19.9 Å². The summed E-state index contributed by atoms with van der Waals surface area (Å²) < 4.78 is 0. The summed E-state index contributed by atoms with van der Waals surface area (Å²) in [5.74, 6) is -0.0158. The maximum absolute atomic E-state index is 11.3. The molecule has 1 amide bonds. The van der Waals surface area contributed by atoms with Crippen LogP contribution < -0.4 is 16.4 Å². The molecule has 0 spiro atoms. The number of rotatable bonds is 3. The Kier molecular flexibility index (Phi) is 2.71. The number of aliphatic hydroxyl groups excluding tert-OH is 1. The highest BCUT2D eigenvalue weighted by Gasteiger charge is 2.22. The first-order valence-corrected chi connectivity index (χ1v) is 5.52. The zero-order valence-electron chi connectivity index (χ0n) is 10.0. The molecular formula is C12H17N3O2. The minimum atomic E-state index is -0.453. The summed E-state index contributed by atoms with van der Waals surface area (Å²) in [6.07, 6.45) is 0.378. The predicted molar refractivity (Wildman–Crippen MR) is 68.0 cm³/mol. The molecule has 1 heterocycles. The fraction of sp³-hybridized carbons (Fsp3) is 0.417. The number of benzene rings is 1. The van der Waals surface area contributed by atoms with Gasteiger partial charge in [0.1, 0.15) is 0 Å². The van der Waals surface area contributed by atoms with Crippen LogP contribution in [0.1, 0.15) is 19.4 Å². The maximum atomic E-state index is 11.3. The second kappa shape index (κ2) is 3.92. The predicted octanol–water partition coefficient (Wildman–Crippen LogP) is 0.946. The standard InChI is InChI=1S/C12H17N3O2/c1-12(2,6-16)15-10-5-9-7(3-8(10)13)4-11(17)14-9/h3,5,15-16H,4,6,13H2,1-2H3,(H,14,17). The summed E-state index contributed by atoms with van der Waals surface area (Å²) in [5.41, 5.74) is 8.48. The Labute approximate surface area is 100 Å². The highest BCUT2D eigenvalue weighted by Crippen LogP contribution is 2.32. The Morgan fingerprint density at radius 1 is 1.53 bits per heavy atom. The number of nitrogens with one attached hydrogen (secondary N) is 2. The van der Waals surface area contributed by atoms with E-state index in [1.54, 1.807) is 6.07 Å². The second-order valence-corrected chi connectivity index (χ2v) is 4.99. The van der Waals surface area contributed by atoms with Crippen molar-refractivity contribution in [1.82, 2.24) is 0 Å². The van der Waals surface area contributed by atoms with Gasteiger partial charge in [-0.3, -0.25) is 4.79 Å². The van der Waals surface area contributed by atoms with Crippen molar-refractivity contribution in [2.75, 3.05) is 23.0 Å². The van der Waals surface area contributed by atoms with E-state index in [0.717, 1.165) is 16.9 Å². The fourth-order valence-electron chi connectivity index (χ4n) is 1.81. The molecule has 1 aromatic carbocycles. The van der Waals surface area contributed by atoms with E-state index in [4.69, 9.17) is 5.73 Å². The van der Waals surface area contributed by atoms with Crippen LogP contribution in [0.3, 0.4) is 0 Å². The number of nitrogens with two attached hydrogens (primary N) is 1. The third kappa shape index (κ3) is 2.34. The molecule has 5 N–H and O–H groups in total. The molecule has 0 saturated heterocycles. The lowest BCUT2D eigenvalue weighted by Gasteiger charge is -2.26. The largest absolute Gasteiger partial charge is 0.397 e. The van der Waals surface area contributed by atoms with E-state index in [2.05, 4.69) is 10.6 Å². The quantitative estimate of drug-likeness (QED) is 0.587. The van der Waals surface area contributed by atoms with Crippen LogP contribution in [0.5, 0.6) is 0 Å². The molecule has 1 aliphatic heterocycles. The van der Waals surface area contributed by atoms with Gasteiger partial charge >= 0.3 is 0 Å². The van der Waals surface area contributed by atoms with E-state index in [-0.39, 0.29) is 12.5 Å². The highest BCUT2D eigenvalue weighted by atomic mass is 16.3. The summed E-state index contributed by atoms with van der Waals surface area (Å²) in [6, 6.07) is 3.61. The third-order valence-corrected chi connectivity index (χ3v) is 2.77. The number of fused-ring (bicyclic) bond motifs is 1. The lowest BCUT2D eigenvalue weighted by molar-refractivity contribution is -0.115. The van der Waals surface area contributed by atoms with E-state index in [1.165, 1.54) is 0 Å². The summed E-state index contributed by atoms with van der Waals surface area (Å²) in [6.45, 7) is 3.74. The van der Waals surface area contributed by atoms with Gasteiger partial charge in [-0.2, -0.15) is 0 Å². The summed E-state index contributed by atoms with van der Waals surface area (Å²) in [7, 11) is 0. The van der Waals surface area contributed by atoms with Crippen molar-refractivity contribution < 1.29 is 9.90 Å². The van der Waals surface area contributed by atoms with Crippen molar-refractivity contribution in [1.29, 1.82) is 0 Å². The molecule has 0 aliphatic carbocycles. The highest BCUT2D eigenvalue weighted by molar-refractivity contribution is 6.00. The fourth-order valence-corrected chi connectivity index (χ4v) is 1.81. The van der Waals surface area contributed by atoms with Gasteiger partial charge in [0.2, 0.25) is 5.91 Å². The molecule has 0 radical (unpaired) electrons. The number of hydrogen-bond donors (Lipinski definition) is 4. The lowest BCUT2D eigenvalue weighted by atomic mass is 10.0. The van der Waals surface area contributed by atoms with Gasteiger partial charge in [-0.15, -0.1) is 0 Å². The minimum absolute atomic E-state index is 0.00408. The molecule has 0 unspecified atom stereocenters. The van der Waals surface area contributed by atoms with E-state index in [0.29, 0.717) is 12.1 Å². The van der Waals surface area contributed by atoms with Crippen LogP contribution >= 0.6 is 0 Å². The van der Waals surface area contributed by atoms with Crippen molar-refractivity contribution in [3.8, 4) is 0 Å². The van der Waals surface area contributed by atoms with E-state index >= 15 is 0 Å². The molecule has 1 aromatic rings. The van der Waals surface area contributed by atoms with Gasteiger partial charge in [-0.05, 0) is 31.5 Å². The van der Waals surface area contributed by atoms with Gasteiger partial charge < -0.3 is 21.5 Å². The molecule has 0 saturated carbocycles. The maximum Gasteiger partial charge on any atom is 0.228 e. The SMILES string of the molecule is CC(C)(CO)Nc1cc2c(cc1N)CC(=O)N2. The van der Waals surface area contributed by atoms with Crippen LogP contribution in [0.4, 0.5) is 17.1 Å². The molecule has 0 bridgehead atoms. The Bertz CT molecular complexity index is 469. The molecule has 5 nitrogen and oxygen atoms in total. The molecule has 5 heteroatoms. The molecule has 0 atom stereocenters. The summed E-state index contributed by atoms with van der Waals surface area (Å²) >= 11 is 0. The minimum Gasteiger partial charge on any atom is -0.397 e. The van der Waals surface area contributed by atoms with Crippen LogP contribution in [0.15, 0.2) is 12.1 Å². The van der Waals surface area contributed by atoms with Gasteiger partial charge in [0.05, 0.1) is 29.9 Å². The van der Waals surface area contributed by atoms with Crippen molar-refractivity contribution in [3.63, 3.8) is 0 Å². The topological polar surface area (TPSA) is 87.4 Å². The van der Waals surface area contributed by atoms with Crippen molar-refractivity contribution in [3.05, 3.63) is 17.7 Å². The smallest absolute Gasteiger partial charge is 0.228 e. The molecule has 17 heavy (non-hydrogen) atoms. The number of hydrogen-bond acceptors (Lipinski definition) is 4. The molecule has 92 valence electrons. The van der Waals surface area contributed by atoms with Crippen LogP contribution in [0, 0.1) is 0 Å². The van der Waals surface area contributed by atoms with Gasteiger partial charge in [-0.25, -0.2) is 0 Å². The third-order valence-electron chi connectivity index (χ3n) is 2.77. The zero-order valence-corrected chi connectivity index (χ0v) is 10.0. The average molecular weight is 235 g/mol. The van der Waals surface area contributed by atoms with Gasteiger partial charge in [0.15, 0.2) is 0 Å². The van der Waals surface area contributed by atoms with Crippen LogP contribution in [0.25, 0.3) is 0 Å². The summed E-state index contributed by atoms with van der Waals surface area (Å²) in [4.78, 5) is 11.3. The zero-order chi connectivity index (χ0) is 12.6. The second-order valence-electron chi connectivity index (χ2n) is 4.99. The molecular weight excluding hydrogens is 218 g/mol. The molecule has 1 aliphatic rings. The Morgan fingerprint density at radius 2 is 2.24 bits per heavy atom.